The Labute approximate surface area is 109 Å². The Hall–Kier alpha value is -1.66. The highest BCUT2D eigenvalue weighted by Gasteiger charge is 2.18. The van der Waals surface area contributed by atoms with Crippen molar-refractivity contribution in [3.8, 4) is 0 Å². The van der Waals surface area contributed by atoms with Gasteiger partial charge in [0.15, 0.2) is 11.6 Å². The van der Waals surface area contributed by atoms with E-state index in [0.29, 0.717) is 24.3 Å². The molecule has 1 aromatic carbocycles. The van der Waals surface area contributed by atoms with Crippen LogP contribution in [0, 0.1) is 11.6 Å². The van der Waals surface area contributed by atoms with Crippen LogP contribution in [0.3, 0.4) is 0 Å². The molecule has 0 saturated carbocycles. The second-order valence-electron chi connectivity index (χ2n) is 4.07. The first-order valence-corrected chi connectivity index (χ1v) is 5.73. The Morgan fingerprint density at radius 1 is 1.21 bits per heavy atom. The highest BCUT2D eigenvalue weighted by atomic mass is 19.2. The van der Waals surface area contributed by atoms with Gasteiger partial charge in [-0.05, 0) is 17.7 Å². The van der Waals surface area contributed by atoms with Crippen LogP contribution in [0.25, 0.3) is 0 Å². The third kappa shape index (κ3) is 3.21. The summed E-state index contributed by atoms with van der Waals surface area (Å²) in [7, 11) is 3.05. The fourth-order valence-electron chi connectivity index (χ4n) is 1.82. The fourth-order valence-corrected chi connectivity index (χ4v) is 1.82. The molecule has 0 fully saturated rings. The van der Waals surface area contributed by atoms with Gasteiger partial charge in [-0.1, -0.05) is 6.07 Å². The first-order chi connectivity index (χ1) is 9.13. The second-order valence-corrected chi connectivity index (χ2v) is 4.07. The molecule has 102 valence electrons. The van der Waals surface area contributed by atoms with Crippen molar-refractivity contribution >= 4 is 11.4 Å². The number of nitrogens with zero attached hydrogens (tertiary/aromatic N) is 2. The molecule has 0 spiro atoms. The van der Waals surface area contributed by atoms with E-state index in [0.717, 1.165) is 17.8 Å². The number of hydrogen-bond acceptors (Lipinski definition) is 4. The number of rotatable bonds is 4. The molecule has 0 aromatic heterocycles. The summed E-state index contributed by atoms with van der Waals surface area (Å²) in [6, 6.07) is 3.69. The number of hydrogen-bond donors (Lipinski definition) is 0. The van der Waals surface area contributed by atoms with Crippen LogP contribution in [0.15, 0.2) is 28.2 Å². The van der Waals surface area contributed by atoms with Crippen molar-refractivity contribution in [1.82, 2.24) is 0 Å². The van der Waals surface area contributed by atoms with Crippen molar-refractivity contribution in [1.29, 1.82) is 0 Å². The zero-order valence-electron chi connectivity index (χ0n) is 10.7. The Kier molecular flexibility index (Phi) is 4.34. The van der Waals surface area contributed by atoms with Crippen molar-refractivity contribution in [3.63, 3.8) is 0 Å². The summed E-state index contributed by atoms with van der Waals surface area (Å²) >= 11 is 0. The number of benzene rings is 1. The molecule has 0 radical (unpaired) electrons. The lowest BCUT2D eigenvalue weighted by Crippen LogP contribution is -2.24. The summed E-state index contributed by atoms with van der Waals surface area (Å²) in [5.74, 6) is -1.78. The Balaban J connectivity index is 2.28. The quantitative estimate of drug-likeness (QED) is 0.840. The minimum Gasteiger partial charge on any atom is -0.379 e. The van der Waals surface area contributed by atoms with E-state index in [-0.39, 0.29) is 0 Å². The third-order valence-corrected chi connectivity index (χ3v) is 2.71. The van der Waals surface area contributed by atoms with Crippen LogP contribution >= 0.6 is 0 Å². The third-order valence-electron chi connectivity index (χ3n) is 2.71. The van der Waals surface area contributed by atoms with E-state index in [1.807, 2.05) is 0 Å². The van der Waals surface area contributed by atoms with Gasteiger partial charge in [-0.2, -0.15) is 0 Å². The lowest BCUT2D eigenvalue weighted by molar-refractivity contribution is 0.116. The molecular weight excluding hydrogens is 254 g/mol. The number of aliphatic imine (C=N–C) groups is 2. The monoisotopic (exact) mass is 268 g/mol. The Morgan fingerprint density at radius 3 is 2.63 bits per heavy atom. The van der Waals surface area contributed by atoms with Crippen molar-refractivity contribution in [2.24, 2.45) is 9.98 Å². The van der Waals surface area contributed by atoms with E-state index in [1.54, 1.807) is 7.11 Å². The standard InChI is InChI=1S/C13H14F2N2O2/c1-18-7-9-6-12(17-13(16-9)19-2)8-3-4-10(14)11(15)5-8/h3-5,13H,6-7H2,1-2H3. The normalized spacial score (nSPS) is 19.1. The van der Waals surface area contributed by atoms with Gasteiger partial charge >= 0.3 is 0 Å². The van der Waals surface area contributed by atoms with E-state index in [9.17, 15) is 8.78 Å². The van der Waals surface area contributed by atoms with E-state index < -0.39 is 18.0 Å². The number of methoxy groups -OCH3 is 2. The molecule has 0 aliphatic carbocycles. The zero-order chi connectivity index (χ0) is 13.8. The molecule has 6 heteroatoms. The van der Waals surface area contributed by atoms with E-state index in [1.165, 1.54) is 13.2 Å². The predicted molar refractivity (Wildman–Crippen MR) is 67.6 cm³/mol. The topological polar surface area (TPSA) is 43.2 Å². The molecule has 0 bridgehead atoms. The van der Waals surface area contributed by atoms with Gasteiger partial charge in [-0.25, -0.2) is 18.8 Å². The van der Waals surface area contributed by atoms with Crippen LogP contribution in [0.4, 0.5) is 8.78 Å². The maximum Gasteiger partial charge on any atom is 0.245 e. The highest BCUT2D eigenvalue weighted by Crippen LogP contribution is 2.16. The van der Waals surface area contributed by atoms with Crippen molar-refractivity contribution in [2.45, 2.75) is 12.8 Å². The summed E-state index contributed by atoms with van der Waals surface area (Å²) < 4.78 is 36.3. The first-order valence-electron chi connectivity index (χ1n) is 5.73. The van der Waals surface area contributed by atoms with Crippen LogP contribution in [0.5, 0.6) is 0 Å². The maximum absolute atomic E-state index is 13.2. The van der Waals surface area contributed by atoms with Gasteiger partial charge in [0.05, 0.1) is 12.3 Å². The summed E-state index contributed by atoms with van der Waals surface area (Å²) in [5, 5.41) is 0. The summed E-state index contributed by atoms with van der Waals surface area (Å²) in [6.45, 7) is 0.350. The maximum atomic E-state index is 13.2. The number of halogens is 2. The van der Waals surface area contributed by atoms with Gasteiger partial charge in [0.1, 0.15) is 0 Å². The average molecular weight is 268 g/mol. The van der Waals surface area contributed by atoms with Gasteiger partial charge in [0.25, 0.3) is 0 Å². The van der Waals surface area contributed by atoms with Gasteiger partial charge in [-0.3, -0.25) is 0 Å². The Morgan fingerprint density at radius 2 is 2.00 bits per heavy atom. The van der Waals surface area contributed by atoms with Crippen molar-refractivity contribution in [3.05, 3.63) is 35.4 Å². The van der Waals surface area contributed by atoms with E-state index in [4.69, 9.17) is 9.47 Å². The predicted octanol–water partition coefficient (Wildman–Crippen LogP) is 2.18. The van der Waals surface area contributed by atoms with Crippen LogP contribution in [0.2, 0.25) is 0 Å². The van der Waals surface area contributed by atoms with Gasteiger partial charge in [-0.15, -0.1) is 0 Å². The molecule has 1 aromatic rings. The number of ether oxygens (including phenoxy) is 2. The molecule has 1 aliphatic heterocycles. The lowest BCUT2D eigenvalue weighted by Gasteiger charge is -2.18. The highest BCUT2D eigenvalue weighted by molar-refractivity contribution is 6.13. The summed E-state index contributed by atoms with van der Waals surface area (Å²) in [5.41, 5.74) is 1.88. The minimum absolute atomic E-state index is 0.350. The van der Waals surface area contributed by atoms with Crippen LogP contribution in [-0.4, -0.2) is 38.6 Å². The van der Waals surface area contributed by atoms with Crippen LogP contribution in [-0.2, 0) is 9.47 Å². The van der Waals surface area contributed by atoms with E-state index >= 15 is 0 Å². The second kappa shape index (κ2) is 5.99. The van der Waals surface area contributed by atoms with Gasteiger partial charge in [0.2, 0.25) is 6.35 Å². The minimum atomic E-state index is -0.898. The molecule has 1 heterocycles. The van der Waals surface area contributed by atoms with Crippen molar-refractivity contribution in [2.75, 3.05) is 20.8 Å². The molecule has 19 heavy (non-hydrogen) atoms. The van der Waals surface area contributed by atoms with Gasteiger partial charge < -0.3 is 9.47 Å². The molecule has 0 N–H and O–H groups in total. The SMILES string of the molecule is COCC1=NC(OC)N=C(c2ccc(F)c(F)c2)C1. The van der Waals surface area contributed by atoms with Crippen molar-refractivity contribution < 1.29 is 18.3 Å². The molecule has 1 aliphatic rings. The molecule has 0 saturated heterocycles. The Bertz CT molecular complexity index is 529. The fraction of sp³-hybridized carbons (Fsp3) is 0.385. The summed E-state index contributed by atoms with van der Waals surface area (Å²) in [6.07, 6.45) is -0.235. The van der Waals surface area contributed by atoms with Crippen LogP contribution in [0.1, 0.15) is 12.0 Å². The molecule has 4 nitrogen and oxygen atoms in total. The smallest absolute Gasteiger partial charge is 0.245 e. The van der Waals surface area contributed by atoms with E-state index in [2.05, 4.69) is 9.98 Å². The first kappa shape index (κ1) is 13.8. The van der Waals surface area contributed by atoms with Crippen LogP contribution < -0.4 is 0 Å². The summed E-state index contributed by atoms with van der Waals surface area (Å²) in [4.78, 5) is 8.46. The zero-order valence-corrected chi connectivity index (χ0v) is 10.7. The molecule has 2 rings (SSSR count). The largest absolute Gasteiger partial charge is 0.379 e. The molecule has 1 atom stereocenters. The van der Waals surface area contributed by atoms with Gasteiger partial charge in [0, 0.05) is 26.4 Å². The molecular formula is C13H14F2N2O2. The molecule has 1 unspecified atom stereocenters. The average Bonchev–Trinajstić information content (AvgIpc) is 2.42. The lowest BCUT2D eigenvalue weighted by atomic mass is 10.0. The molecule has 0 amide bonds.